The Hall–Kier alpha value is -0.0400. The standard InChI is InChI=1S/C11H20N/c1-2-9-12(8-1)10-4-3-5-11(12)7-6-10/h10-11H,1-9H2/q+1/t10-,11+. The number of hydrogen-bond acceptors (Lipinski definition) is 0. The lowest BCUT2D eigenvalue weighted by Gasteiger charge is -2.44. The molecule has 0 radical (unpaired) electrons. The summed E-state index contributed by atoms with van der Waals surface area (Å²) in [6, 6.07) is 2.21. The van der Waals surface area contributed by atoms with Gasteiger partial charge in [-0.2, -0.15) is 0 Å². The molecule has 3 heterocycles. The summed E-state index contributed by atoms with van der Waals surface area (Å²) in [6.07, 6.45) is 10.8. The van der Waals surface area contributed by atoms with Crippen molar-refractivity contribution in [2.45, 2.75) is 57.0 Å². The van der Waals surface area contributed by atoms with Gasteiger partial charge in [-0.15, -0.1) is 0 Å². The molecule has 3 rings (SSSR count). The molecule has 0 amide bonds. The number of rotatable bonds is 0. The zero-order valence-electron chi connectivity index (χ0n) is 7.97. The van der Waals surface area contributed by atoms with Gasteiger partial charge >= 0.3 is 0 Å². The SMILES string of the molecule is C1C[C@@H]2CC[C@H](C1)[N+]21CCCC1. The fraction of sp³-hybridized carbons (Fsp3) is 1.00. The van der Waals surface area contributed by atoms with Crippen LogP contribution in [0.3, 0.4) is 0 Å². The molecule has 3 fully saturated rings. The fourth-order valence-corrected chi connectivity index (χ4v) is 4.24. The summed E-state index contributed by atoms with van der Waals surface area (Å²) in [5, 5.41) is 0. The Morgan fingerprint density at radius 2 is 1.25 bits per heavy atom. The van der Waals surface area contributed by atoms with Crippen molar-refractivity contribution in [3.63, 3.8) is 0 Å². The van der Waals surface area contributed by atoms with Crippen LogP contribution in [0.25, 0.3) is 0 Å². The Kier molecular flexibility index (Phi) is 1.52. The number of quaternary nitrogens is 1. The summed E-state index contributed by atoms with van der Waals surface area (Å²) in [5.41, 5.74) is 0. The van der Waals surface area contributed by atoms with Gasteiger partial charge in [0.05, 0.1) is 25.2 Å². The molecule has 3 aliphatic heterocycles. The van der Waals surface area contributed by atoms with Crippen LogP contribution in [0.2, 0.25) is 0 Å². The van der Waals surface area contributed by atoms with E-state index in [9.17, 15) is 0 Å². The van der Waals surface area contributed by atoms with Crippen molar-refractivity contribution in [2.24, 2.45) is 0 Å². The van der Waals surface area contributed by atoms with Crippen molar-refractivity contribution in [3.05, 3.63) is 0 Å². The quantitative estimate of drug-likeness (QED) is 0.484. The molecule has 12 heavy (non-hydrogen) atoms. The summed E-state index contributed by atoms with van der Waals surface area (Å²) in [6.45, 7) is 3.07. The normalized spacial score (nSPS) is 44.0. The van der Waals surface area contributed by atoms with Crippen molar-refractivity contribution < 1.29 is 4.48 Å². The maximum absolute atomic E-state index is 1.58. The van der Waals surface area contributed by atoms with E-state index in [0.717, 1.165) is 12.1 Å². The van der Waals surface area contributed by atoms with E-state index in [1.165, 1.54) is 32.4 Å². The van der Waals surface area contributed by atoms with Crippen LogP contribution < -0.4 is 0 Å². The second kappa shape index (κ2) is 2.47. The molecule has 0 aromatic rings. The summed E-state index contributed by atoms with van der Waals surface area (Å²) in [7, 11) is 0. The smallest absolute Gasteiger partial charge is 0.0894 e. The van der Waals surface area contributed by atoms with Gasteiger partial charge in [-0.1, -0.05) is 0 Å². The molecule has 0 aromatic heterocycles. The monoisotopic (exact) mass is 166 g/mol. The van der Waals surface area contributed by atoms with Crippen molar-refractivity contribution in [1.29, 1.82) is 0 Å². The van der Waals surface area contributed by atoms with Crippen LogP contribution >= 0.6 is 0 Å². The minimum Gasteiger partial charge on any atom is -0.319 e. The summed E-state index contributed by atoms with van der Waals surface area (Å²) in [4.78, 5) is 0. The van der Waals surface area contributed by atoms with E-state index in [1.54, 1.807) is 30.2 Å². The lowest BCUT2D eigenvalue weighted by atomic mass is 10.00. The maximum atomic E-state index is 1.58. The summed E-state index contributed by atoms with van der Waals surface area (Å²) >= 11 is 0. The third-order valence-corrected chi connectivity index (χ3v) is 4.76. The molecule has 0 aliphatic carbocycles. The first kappa shape index (κ1) is 7.37. The zero-order chi connectivity index (χ0) is 8.02. The van der Waals surface area contributed by atoms with E-state index in [0.29, 0.717) is 0 Å². The molecule has 0 saturated carbocycles. The van der Waals surface area contributed by atoms with Gasteiger partial charge in [0.25, 0.3) is 0 Å². The van der Waals surface area contributed by atoms with Crippen LogP contribution in [0.1, 0.15) is 44.9 Å². The Morgan fingerprint density at radius 1 is 0.667 bits per heavy atom. The molecule has 1 nitrogen and oxygen atoms in total. The molecule has 2 bridgehead atoms. The highest BCUT2D eigenvalue weighted by molar-refractivity contribution is 4.83. The van der Waals surface area contributed by atoms with Gasteiger partial charge in [0.15, 0.2) is 0 Å². The Labute approximate surface area is 75.3 Å². The average molecular weight is 166 g/mol. The van der Waals surface area contributed by atoms with Crippen molar-refractivity contribution in [1.82, 2.24) is 0 Å². The second-order valence-electron chi connectivity index (χ2n) is 5.07. The van der Waals surface area contributed by atoms with Gasteiger partial charge < -0.3 is 4.48 Å². The third-order valence-electron chi connectivity index (χ3n) is 4.76. The molecule has 68 valence electrons. The van der Waals surface area contributed by atoms with Gasteiger partial charge in [0, 0.05) is 25.7 Å². The van der Waals surface area contributed by atoms with Crippen molar-refractivity contribution >= 4 is 0 Å². The molecular formula is C11H20N+. The van der Waals surface area contributed by atoms with Gasteiger partial charge in [-0.3, -0.25) is 0 Å². The van der Waals surface area contributed by atoms with Gasteiger partial charge in [-0.25, -0.2) is 0 Å². The van der Waals surface area contributed by atoms with E-state index in [-0.39, 0.29) is 0 Å². The zero-order valence-corrected chi connectivity index (χ0v) is 7.97. The first-order valence-electron chi connectivity index (χ1n) is 5.78. The second-order valence-corrected chi connectivity index (χ2v) is 5.07. The Bertz CT molecular complexity index is 163. The molecule has 1 heteroatoms. The first-order valence-corrected chi connectivity index (χ1v) is 5.78. The van der Waals surface area contributed by atoms with Crippen LogP contribution in [0.5, 0.6) is 0 Å². The van der Waals surface area contributed by atoms with E-state index in [4.69, 9.17) is 0 Å². The summed E-state index contributed by atoms with van der Waals surface area (Å²) < 4.78 is 1.58. The molecule has 2 atom stereocenters. The highest BCUT2D eigenvalue weighted by Gasteiger charge is 2.52. The molecule has 0 aromatic carbocycles. The molecular weight excluding hydrogens is 146 g/mol. The topological polar surface area (TPSA) is 0 Å². The van der Waals surface area contributed by atoms with Gasteiger partial charge in [-0.05, 0) is 19.3 Å². The summed E-state index contributed by atoms with van der Waals surface area (Å²) in [5.74, 6) is 0. The van der Waals surface area contributed by atoms with Crippen molar-refractivity contribution in [2.75, 3.05) is 13.1 Å². The lowest BCUT2D eigenvalue weighted by molar-refractivity contribution is -0.955. The Balaban J connectivity index is 1.92. The van der Waals surface area contributed by atoms with Crippen LogP contribution in [0.15, 0.2) is 0 Å². The average Bonchev–Trinajstić information content (AvgIpc) is 2.59. The molecule has 0 unspecified atom stereocenters. The lowest BCUT2D eigenvalue weighted by Crippen LogP contribution is -2.56. The van der Waals surface area contributed by atoms with E-state index >= 15 is 0 Å². The minimum absolute atomic E-state index is 1.10. The number of nitrogens with zero attached hydrogens (tertiary/aromatic N) is 1. The largest absolute Gasteiger partial charge is 0.319 e. The predicted octanol–water partition coefficient (Wildman–Crippen LogP) is 2.31. The van der Waals surface area contributed by atoms with Crippen LogP contribution in [-0.2, 0) is 0 Å². The minimum atomic E-state index is 1.10. The molecule has 3 aliphatic rings. The molecule has 1 spiro atoms. The van der Waals surface area contributed by atoms with Crippen LogP contribution in [0, 0.1) is 0 Å². The van der Waals surface area contributed by atoms with Gasteiger partial charge in [0.2, 0.25) is 0 Å². The highest BCUT2D eigenvalue weighted by Crippen LogP contribution is 2.45. The van der Waals surface area contributed by atoms with E-state index in [2.05, 4.69) is 0 Å². The van der Waals surface area contributed by atoms with E-state index < -0.39 is 0 Å². The van der Waals surface area contributed by atoms with Gasteiger partial charge in [0.1, 0.15) is 0 Å². The predicted molar refractivity (Wildman–Crippen MR) is 49.9 cm³/mol. The molecule has 0 N–H and O–H groups in total. The molecule has 3 saturated heterocycles. The van der Waals surface area contributed by atoms with Crippen molar-refractivity contribution in [3.8, 4) is 0 Å². The first-order chi connectivity index (χ1) is 5.92. The highest BCUT2D eigenvalue weighted by atomic mass is 15.4. The fourth-order valence-electron chi connectivity index (χ4n) is 4.24. The van der Waals surface area contributed by atoms with Crippen LogP contribution in [-0.4, -0.2) is 29.7 Å². The third kappa shape index (κ3) is 0.783. The van der Waals surface area contributed by atoms with E-state index in [1.807, 2.05) is 0 Å². The maximum Gasteiger partial charge on any atom is 0.0894 e. The number of piperidine rings is 1. The number of hydrogen-bond donors (Lipinski definition) is 0. The Morgan fingerprint density at radius 3 is 1.83 bits per heavy atom. The van der Waals surface area contributed by atoms with Crippen LogP contribution in [0.4, 0.5) is 0 Å².